The topological polar surface area (TPSA) is 62.2 Å². The van der Waals surface area contributed by atoms with Gasteiger partial charge in [-0.25, -0.2) is 0 Å². The number of ketones is 1. The molecule has 0 radical (unpaired) electrons. The molecule has 232 valence electrons. The van der Waals surface area contributed by atoms with Gasteiger partial charge in [0.25, 0.3) is 0 Å². The van der Waals surface area contributed by atoms with Crippen molar-refractivity contribution in [3.05, 3.63) is 70.8 Å². The molecule has 0 saturated carbocycles. The summed E-state index contributed by atoms with van der Waals surface area (Å²) in [6.07, 6.45) is 9.96. The second-order valence-electron chi connectivity index (χ2n) is 10.9. The van der Waals surface area contributed by atoms with E-state index in [1.54, 1.807) is 12.1 Å². The molecule has 0 heterocycles. The van der Waals surface area contributed by atoms with Gasteiger partial charge >= 0.3 is 0 Å². The highest BCUT2D eigenvalue weighted by Gasteiger charge is 2.17. The van der Waals surface area contributed by atoms with Crippen LogP contribution in [0.1, 0.15) is 88.7 Å². The summed E-state index contributed by atoms with van der Waals surface area (Å²) in [4.78, 5) is 17.9. The first kappa shape index (κ1) is 35.1. The lowest BCUT2D eigenvalue weighted by Crippen LogP contribution is -2.24. The number of benzene rings is 2. The third-order valence-electron chi connectivity index (χ3n) is 7.58. The number of phenolic OH excluding ortho intramolecular Hbond substituents is 1. The molecule has 0 fully saturated rings. The summed E-state index contributed by atoms with van der Waals surface area (Å²) in [7, 11) is 0. The maximum atomic E-state index is 13.1. The van der Waals surface area contributed by atoms with E-state index in [-0.39, 0.29) is 17.1 Å². The predicted octanol–water partition coefficient (Wildman–Crippen LogP) is 7.80. The highest BCUT2D eigenvalue weighted by atomic mass is 16.5. The van der Waals surface area contributed by atoms with Crippen molar-refractivity contribution in [3.63, 3.8) is 0 Å². The van der Waals surface area contributed by atoms with Gasteiger partial charge in [0.1, 0.15) is 17.2 Å². The Morgan fingerprint density at radius 1 is 0.786 bits per heavy atom. The molecular formula is C36H54N2O4. The van der Waals surface area contributed by atoms with Gasteiger partial charge in [0.05, 0.1) is 18.8 Å². The van der Waals surface area contributed by atoms with Crippen LogP contribution in [0.25, 0.3) is 6.08 Å². The third kappa shape index (κ3) is 12.4. The molecule has 0 atom stereocenters. The summed E-state index contributed by atoms with van der Waals surface area (Å²) in [6.45, 7) is 20.5. The predicted molar refractivity (Wildman–Crippen MR) is 176 cm³/mol. The number of unbranched alkanes of at least 4 members (excludes halogenated alkanes) is 2. The van der Waals surface area contributed by atoms with Gasteiger partial charge < -0.3 is 24.4 Å². The fourth-order valence-electron chi connectivity index (χ4n) is 4.72. The molecule has 0 spiro atoms. The highest BCUT2D eigenvalue weighted by Crippen LogP contribution is 2.33. The van der Waals surface area contributed by atoms with Gasteiger partial charge in [0, 0.05) is 5.56 Å². The van der Waals surface area contributed by atoms with Crippen molar-refractivity contribution in [2.24, 2.45) is 0 Å². The van der Waals surface area contributed by atoms with Crippen LogP contribution in [0.15, 0.2) is 54.1 Å². The Morgan fingerprint density at radius 2 is 1.36 bits per heavy atom. The molecule has 0 saturated heterocycles. The lowest BCUT2D eigenvalue weighted by atomic mass is 10.00. The largest absolute Gasteiger partial charge is 0.507 e. The van der Waals surface area contributed by atoms with Crippen LogP contribution >= 0.6 is 0 Å². The first-order valence-electron chi connectivity index (χ1n) is 15.8. The first-order chi connectivity index (χ1) is 20.3. The van der Waals surface area contributed by atoms with Crippen LogP contribution in [0.2, 0.25) is 0 Å². The monoisotopic (exact) mass is 578 g/mol. The number of phenols is 1. The molecule has 0 unspecified atom stereocenters. The smallest absolute Gasteiger partial charge is 0.189 e. The maximum absolute atomic E-state index is 13.1. The number of rotatable bonds is 21. The number of aromatic hydroxyl groups is 1. The average Bonchev–Trinajstić information content (AvgIpc) is 2.99. The van der Waals surface area contributed by atoms with Crippen molar-refractivity contribution in [2.45, 2.75) is 73.6 Å². The molecule has 0 amide bonds. The Balaban J connectivity index is 1.99. The Hall–Kier alpha value is -3.09. The number of allylic oxidation sites excluding steroid dienone is 3. The first-order valence-corrected chi connectivity index (χ1v) is 15.8. The summed E-state index contributed by atoms with van der Waals surface area (Å²) >= 11 is 0. The van der Waals surface area contributed by atoms with Crippen LogP contribution in [-0.2, 0) is 6.42 Å². The molecule has 0 aliphatic carbocycles. The van der Waals surface area contributed by atoms with Crippen LogP contribution in [0.3, 0.4) is 0 Å². The van der Waals surface area contributed by atoms with Crippen molar-refractivity contribution in [1.29, 1.82) is 0 Å². The summed E-state index contributed by atoms with van der Waals surface area (Å²) in [5.74, 6) is 1.21. The quantitative estimate of drug-likeness (QED) is 0.0706. The third-order valence-corrected chi connectivity index (χ3v) is 7.58. The van der Waals surface area contributed by atoms with E-state index in [0.29, 0.717) is 30.9 Å². The highest BCUT2D eigenvalue weighted by molar-refractivity contribution is 6.09. The van der Waals surface area contributed by atoms with Crippen LogP contribution in [0.4, 0.5) is 0 Å². The number of carbonyl (C=O) groups is 1. The molecule has 0 bridgehead atoms. The zero-order valence-corrected chi connectivity index (χ0v) is 27.0. The van der Waals surface area contributed by atoms with Gasteiger partial charge in [-0.15, -0.1) is 0 Å². The van der Waals surface area contributed by atoms with Crippen molar-refractivity contribution >= 4 is 11.9 Å². The van der Waals surface area contributed by atoms with Crippen molar-refractivity contribution in [3.8, 4) is 17.2 Å². The molecule has 1 N–H and O–H groups in total. The van der Waals surface area contributed by atoms with Crippen LogP contribution in [0, 0.1) is 0 Å². The molecule has 2 rings (SSSR count). The molecule has 6 heteroatoms. The molecule has 6 nitrogen and oxygen atoms in total. The van der Waals surface area contributed by atoms with Gasteiger partial charge in [-0.1, -0.05) is 57.6 Å². The van der Waals surface area contributed by atoms with Crippen molar-refractivity contribution in [2.75, 3.05) is 52.5 Å². The standard InChI is InChI=1S/C36H54N2O4/c1-7-37(8-2)25-11-13-27-41-31-19-16-30(17-20-31)18-23-34(39)32-22-24-35(33(36(32)40)21-15-29(5)6)42-28-14-12-26-38(9-3)10-4/h15-20,22-24,40H,7-14,21,25-28H2,1-6H3/b23-18+. The van der Waals surface area contributed by atoms with Crippen molar-refractivity contribution in [1.82, 2.24) is 9.80 Å². The maximum Gasteiger partial charge on any atom is 0.189 e. The van der Waals surface area contributed by atoms with E-state index >= 15 is 0 Å². The average molecular weight is 579 g/mol. The lowest BCUT2D eigenvalue weighted by Gasteiger charge is -2.18. The van der Waals surface area contributed by atoms with Gasteiger partial charge in [-0.3, -0.25) is 4.79 Å². The lowest BCUT2D eigenvalue weighted by molar-refractivity contribution is 0.104. The molecular weight excluding hydrogens is 524 g/mol. The molecule has 0 aliphatic heterocycles. The van der Waals surface area contributed by atoms with E-state index in [4.69, 9.17) is 9.47 Å². The zero-order valence-electron chi connectivity index (χ0n) is 27.0. The van der Waals surface area contributed by atoms with Crippen LogP contribution in [-0.4, -0.2) is 73.2 Å². The van der Waals surface area contributed by atoms with E-state index in [9.17, 15) is 9.90 Å². The molecule has 2 aromatic rings. The Kier molecular flexibility index (Phi) is 16.7. The normalized spacial score (nSPS) is 11.4. The van der Waals surface area contributed by atoms with E-state index in [1.165, 1.54) is 6.08 Å². The molecule has 0 aliphatic rings. The summed E-state index contributed by atoms with van der Waals surface area (Å²) in [6, 6.07) is 11.2. The Bertz CT molecular complexity index is 1110. The van der Waals surface area contributed by atoms with Gasteiger partial charge in [0.2, 0.25) is 0 Å². The van der Waals surface area contributed by atoms with Gasteiger partial charge in [-0.2, -0.15) is 0 Å². The Morgan fingerprint density at radius 3 is 1.90 bits per heavy atom. The number of nitrogens with zero attached hydrogens (tertiary/aromatic N) is 2. The van der Waals surface area contributed by atoms with E-state index in [2.05, 4.69) is 37.5 Å². The zero-order chi connectivity index (χ0) is 30.7. The minimum absolute atomic E-state index is 0.00691. The Labute approximate surface area is 255 Å². The number of ether oxygens (including phenoxy) is 2. The molecule has 2 aromatic carbocycles. The fraction of sp³-hybridized carbons (Fsp3) is 0.528. The van der Waals surface area contributed by atoms with Crippen LogP contribution in [0.5, 0.6) is 17.2 Å². The number of hydrogen-bond donors (Lipinski definition) is 1. The second-order valence-corrected chi connectivity index (χ2v) is 10.9. The molecule has 0 aromatic heterocycles. The van der Waals surface area contributed by atoms with E-state index in [0.717, 1.165) is 81.8 Å². The van der Waals surface area contributed by atoms with Gasteiger partial charge in [0.15, 0.2) is 5.78 Å². The SMILES string of the molecule is CCN(CC)CCCCOc1ccc(/C=C/C(=O)c2ccc(OCCCCN(CC)CC)c(CC=C(C)C)c2O)cc1. The van der Waals surface area contributed by atoms with Crippen molar-refractivity contribution < 1.29 is 19.4 Å². The minimum atomic E-state index is -0.245. The number of carbonyl (C=O) groups excluding carboxylic acids is 1. The van der Waals surface area contributed by atoms with E-state index in [1.807, 2.05) is 50.3 Å². The fourth-order valence-corrected chi connectivity index (χ4v) is 4.72. The van der Waals surface area contributed by atoms with E-state index < -0.39 is 0 Å². The summed E-state index contributed by atoms with van der Waals surface area (Å²) in [5.41, 5.74) is 2.97. The summed E-state index contributed by atoms with van der Waals surface area (Å²) in [5, 5.41) is 11.1. The molecule has 42 heavy (non-hydrogen) atoms. The van der Waals surface area contributed by atoms with Gasteiger partial charge in [-0.05, 0) is 121 Å². The minimum Gasteiger partial charge on any atom is -0.507 e. The van der Waals surface area contributed by atoms with Crippen LogP contribution < -0.4 is 9.47 Å². The second kappa shape index (κ2) is 19.9. The summed E-state index contributed by atoms with van der Waals surface area (Å²) < 4.78 is 12.0. The number of hydrogen-bond acceptors (Lipinski definition) is 6.